The van der Waals surface area contributed by atoms with Crippen molar-refractivity contribution < 1.29 is 13.2 Å². The largest absolute Gasteiger partial charge is 0.398 e. The van der Waals surface area contributed by atoms with E-state index in [4.69, 9.17) is 10.9 Å². The number of nitrogens with two attached hydrogens (primary N) is 2. The molecule has 1 atom stereocenters. The second-order valence-electron chi connectivity index (χ2n) is 5.63. The van der Waals surface area contributed by atoms with Crippen LogP contribution in [0.25, 0.3) is 10.8 Å². The number of rotatable bonds is 3. The third-order valence-corrected chi connectivity index (χ3v) is 4.81. The van der Waals surface area contributed by atoms with E-state index in [9.17, 15) is 13.2 Å². The van der Waals surface area contributed by atoms with E-state index in [2.05, 4.69) is 0 Å². The van der Waals surface area contributed by atoms with E-state index in [1.165, 1.54) is 0 Å². The normalized spacial score (nSPS) is 19.0. The van der Waals surface area contributed by atoms with Gasteiger partial charge in [0.05, 0.1) is 11.4 Å². The maximum Gasteiger partial charge on any atom is 0.227 e. The molecule has 0 aliphatic carbocycles. The predicted octanol–water partition coefficient (Wildman–Crippen LogP) is 1.06. The summed E-state index contributed by atoms with van der Waals surface area (Å²) in [7, 11) is -3.59. The van der Waals surface area contributed by atoms with E-state index in [0.29, 0.717) is 12.2 Å². The van der Waals surface area contributed by atoms with Gasteiger partial charge in [-0.05, 0) is 17.5 Å². The number of benzene rings is 2. The molecule has 3 rings (SSSR count). The molecule has 0 aromatic heterocycles. The Bertz CT molecular complexity index is 843. The highest BCUT2D eigenvalue weighted by Crippen LogP contribution is 2.35. The van der Waals surface area contributed by atoms with E-state index in [0.717, 1.165) is 16.5 Å². The fraction of sp³-hybridized carbons (Fsp3) is 0.267. The van der Waals surface area contributed by atoms with Crippen LogP contribution in [0.1, 0.15) is 6.42 Å². The van der Waals surface area contributed by atoms with Gasteiger partial charge in [-0.3, -0.25) is 4.79 Å². The molecule has 7 heteroatoms. The lowest BCUT2D eigenvalue weighted by atomic mass is 10.1. The zero-order valence-electron chi connectivity index (χ0n) is 11.9. The van der Waals surface area contributed by atoms with Gasteiger partial charge in [-0.2, -0.15) is 0 Å². The Hall–Kier alpha value is -2.12. The summed E-state index contributed by atoms with van der Waals surface area (Å²) < 4.78 is 22.5. The lowest BCUT2D eigenvalue weighted by molar-refractivity contribution is -0.117. The number of nitrogen functional groups attached to an aromatic ring is 1. The highest BCUT2D eigenvalue weighted by atomic mass is 32.2. The first-order valence-electron chi connectivity index (χ1n) is 6.93. The van der Waals surface area contributed by atoms with Crippen molar-refractivity contribution in [2.24, 2.45) is 11.1 Å². The number of hydrogen-bond acceptors (Lipinski definition) is 4. The SMILES string of the molecule is Nc1cccc2cccc(N3CC(CS(N)(=O)=O)CC3=O)c12. The van der Waals surface area contributed by atoms with Crippen LogP contribution in [0.15, 0.2) is 36.4 Å². The van der Waals surface area contributed by atoms with Gasteiger partial charge in [0.25, 0.3) is 0 Å². The fourth-order valence-electron chi connectivity index (χ4n) is 3.03. The summed E-state index contributed by atoms with van der Waals surface area (Å²) in [5.41, 5.74) is 7.37. The van der Waals surface area contributed by atoms with Gasteiger partial charge in [0.1, 0.15) is 0 Å². The number of carbonyl (C=O) groups excluding carboxylic acids is 1. The minimum absolute atomic E-state index is 0.107. The van der Waals surface area contributed by atoms with E-state index in [1.807, 2.05) is 30.3 Å². The van der Waals surface area contributed by atoms with Crippen molar-refractivity contribution in [1.82, 2.24) is 0 Å². The average molecular weight is 319 g/mol. The molecule has 4 N–H and O–H groups in total. The van der Waals surface area contributed by atoms with Crippen molar-refractivity contribution in [2.75, 3.05) is 22.9 Å². The second kappa shape index (κ2) is 5.26. The van der Waals surface area contributed by atoms with E-state index in [-0.39, 0.29) is 24.0 Å². The predicted molar refractivity (Wildman–Crippen MR) is 86.8 cm³/mol. The van der Waals surface area contributed by atoms with Crippen LogP contribution in [0, 0.1) is 5.92 Å². The third kappa shape index (κ3) is 2.77. The van der Waals surface area contributed by atoms with Crippen molar-refractivity contribution in [2.45, 2.75) is 6.42 Å². The summed E-state index contributed by atoms with van der Waals surface area (Å²) >= 11 is 0. The molecule has 0 radical (unpaired) electrons. The molecule has 1 unspecified atom stereocenters. The van der Waals surface area contributed by atoms with Crippen LogP contribution in [-0.4, -0.2) is 26.6 Å². The Morgan fingerprint density at radius 2 is 1.86 bits per heavy atom. The minimum atomic E-state index is -3.59. The molecular formula is C15H17N3O3S. The summed E-state index contributed by atoms with van der Waals surface area (Å²) in [4.78, 5) is 13.9. The molecule has 2 aromatic rings. The second-order valence-corrected chi connectivity index (χ2v) is 7.29. The van der Waals surface area contributed by atoms with Crippen molar-refractivity contribution in [3.63, 3.8) is 0 Å². The van der Waals surface area contributed by atoms with Crippen LogP contribution in [-0.2, 0) is 14.8 Å². The molecule has 1 fully saturated rings. The number of fused-ring (bicyclic) bond motifs is 1. The van der Waals surface area contributed by atoms with Gasteiger partial charge in [-0.1, -0.05) is 24.3 Å². The number of nitrogens with zero attached hydrogens (tertiary/aromatic N) is 1. The van der Waals surface area contributed by atoms with E-state index < -0.39 is 10.0 Å². The molecule has 1 aliphatic rings. The zero-order chi connectivity index (χ0) is 15.9. The molecule has 1 heterocycles. The van der Waals surface area contributed by atoms with Crippen LogP contribution in [0.2, 0.25) is 0 Å². The van der Waals surface area contributed by atoms with Gasteiger partial charge in [0.15, 0.2) is 0 Å². The summed E-state index contributed by atoms with van der Waals surface area (Å²) in [6, 6.07) is 11.2. The van der Waals surface area contributed by atoms with Crippen LogP contribution >= 0.6 is 0 Å². The number of carbonyl (C=O) groups is 1. The molecule has 1 aliphatic heterocycles. The maximum absolute atomic E-state index is 12.3. The van der Waals surface area contributed by atoms with Crippen molar-refractivity contribution in [3.8, 4) is 0 Å². The smallest absolute Gasteiger partial charge is 0.227 e. The molecule has 22 heavy (non-hydrogen) atoms. The monoisotopic (exact) mass is 319 g/mol. The molecule has 0 spiro atoms. The Balaban J connectivity index is 2.00. The molecule has 1 amide bonds. The molecule has 1 saturated heterocycles. The first-order chi connectivity index (χ1) is 10.3. The van der Waals surface area contributed by atoms with Gasteiger partial charge in [0, 0.05) is 30.0 Å². The lowest BCUT2D eigenvalue weighted by Gasteiger charge is -2.20. The fourth-order valence-corrected chi connectivity index (χ4v) is 3.91. The van der Waals surface area contributed by atoms with Gasteiger partial charge < -0.3 is 10.6 Å². The quantitative estimate of drug-likeness (QED) is 0.825. The summed E-state index contributed by atoms with van der Waals surface area (Å²) in [6.45, 7) is 0.336. The van der Waals surface area contributed by atoms with Crippen molar-refractivity contribution in [1.29, 1.82) is 0 Å². The Kier molecular flexibility index (Phi) is 3.54. The number of primary sulfonamides is 1. The minimum Gasteiger partial charge on any atom is -0.398 e. The number of hydrogen-bond donors (Lipinski definition) is 2. The number of sulfonamides is 1. The van der Waals surface area contributed by atoms with Gasteiger partial charge in [0.2, 0.25) is 15.9 Å². The standard InChI is InChI=1S/C15H17N3O3S/c16-12-5-1-3-11-4-2-6-13(15(11)12)18-8-10(7-14(18)19)9-22(17,20)21/h1-6,10H,7-9,16H2,(H2,17,20,21). The molecule has 116 valence electrons. The molecule has 2 aromatic carbocycles. The molecular weight excluding hydrogens is 302 g/mol. The Morgan fingerprint density at radius 3 is 2.55 bits per heavy atom. The number of amides is 1. The molecule has 0 bridgehead atoms. The van der Waals surface area contributed by atoms with Gasteiger partial charge >= 0.3 is 0 Å². The Labute approximate surface area is 128 Å². The highest BCUT2D eigenvalue weighted by Gasteiger charge is 2.33. The molecule has 0 saturated carbocycles. The number of anilines is 2. The average Bonchev–Trinajstić information content (AvgIpc) is 2.77. The van der Waals surface area contributed by atoms with Crippen LogP contribution in [0.4, 0.5) is 11.4 Å². The maximum atomic E-state index is 12.3. The summed E-state index contributed by atoms with van der Waals surface area (Å²) in [6.07, 6.45) is 0.180. The topological polar surface area (TPSA) is 106 Å². The Morgan fingerprint density at radius 1 is 1.18 bits per heavy atom. The van der Waals surface area contributed by atoms with Crippen LogP contribution in [0.3, 0.4) is 0 Å². The van der Waals surface area contributed by atoms with Crippen molar-refractivity contribution in [3.05, 3.63) is 36.4 Å². The van der Waals surface area contributed by atoms with E-state index >= 15 is 0 Å². The zero-order valence-corrected chi connectivity index (χ0v) is 12.7. The van der Waals surface area contributed by atoms with Crippen LogP contribution < -0.4 is 15.8 Å². The van der Waals surface area contributed by atoms with Gasteiger partial charge in [-0.25, -0.2) is 13.6 Å². The summed E-state index contributed by atoms with van der Waals surface area (Å²) in [5.74, 6) is -0.581. The molecule has 6 nitrogen and oxygen atoms in total. The van der Waals surface area contributed by atoms with Crippen LogP contribution in [0.5, 0.6) is 0 Å². The first-order valence-corrected chi connectivity index (χ1v) is 8.65. The lowest BCUT2D eigenvalue weighted by Crippen LogP contribution is -2.27. The van der Waals surface area contributed by atoms with E-state index in [1.54, 1.807) is 11.0 Å². The summed E-state index contributed by atoms with van der Waals surface area (Å²) in [5, 5.41) is 6.84. The highest BCUT2D eigenvalue weighted by molar-refractivity contribution is 7.89. The third-order valence-electron chi connectivity index (χ3n) is 3.88. The van der Waals surface area contributed by atoms with Crippen molar-refractivity contribution >= 4 is 38.1 Å². The first kappa shape index (κ1) is 14.8. The van der Waals surface area contributed by atoms with Gasteiger partial charge in [-0.15, -0.1) is 0 Å².